The van der Waals surface area contributed by atoms with E-state index in [4.69, 9.17) is 33.7 Å². The Balaban J connectivity index is 3.25. The Morgan fingerprint density at radius 1 is 1.36 bits per heavy atom. The first-order valence-corrected chi connectivity index (χ1v) is 3.43. The monoisotopic (exact) mass is 193 g/mol. The highest BCUT2D eigenvalue weighted by atomic mass is 35.5. The van der Waals surface area contributed by atoms with E-state index >= 15 is 0 Å². The van der Waals surface area contributed by atoms with Crippen LogP contribution in [0.1, 0.15) is 0 Å². The highest BCUT2D eigenvalue weighted by molar-refractivity contribution is 6.33. The number of rotatable bonds is 1. The topological polar surface area (TPSA) is 61.0 Å². The molecule has 0 spiro atoms. The van der Waals surface area contributed by atoms with Crippen LogP contribution in [0.25, 0.3) is 0 Å². The highest BCUT2D eigenvalue weighted by Crippen LogP contribution is 2.27. The minimum Gasteiger partial charge on any atom is -0.490 e. The molecule has 2 N–H and O–H groups in total. The van der Waals surface area contributed by atoms with Gasteiger partial charge in [-0.15, -0.1) is 0 Å². The number of nitrogens with zero attached hydrogens (tertiary/aromatic N) is 2. The van der Waals surface area contributed by atoms with E-state index in [0.717, 1.165) is 0 Å². The number of aromatic nitrogens is 2. The number of ether oxygens (including phenoxy) is 1. The van der Waals surface area contributed by atoms with Crippen LogP contribution in [0.3, 0.4) is 0 Å². The second-order valence-electron chi connectivity index (χ2n) is 1.70. The third-order valence-electron chi connectivity index (χ3n) is 1.03. The van der Waals surface area contributed by atoms with E-state index in [9.17, 15) is 0 Å². The van der Waals surface area contributed by atoms with Gasteiger partial charge in [0, 0.05) is 0 Å². The molecule has 0 atom stereocenters. The third-order valence-corrected chi connectivity index (χ3v) is 1.45. The summed E-state index contributed by atoms with van der Waals surface area (Å²) in [5.41, 5.74) is 5.39. The van der Waals surface area contributed by atoms with Crippen LogP contribution in [-0.2, 0) is 0 Å². The lowest BCUT2D eigenvalue weighted by Gasteiger charge is -2.03. The van der Waals surface area contributed by atoms with Crippen molar-refractivity contribution in [2.75, 3.05) is 12.8 Å². The molecule has 1 rings (SSSR count). The van der Waals surface area contributed by atoms with Gasteiger partial charge in [-0.25, -0.2) is 4.98 Å². The lowest BCUT2D eigenvalue weighted by atomic mass is 10.5. The summed E-state index contributed by atoms with van der Waals surface area (Å²) in [4.78, 5) is 7.25. The fraction of sp³-hybridized carbons (Fsp3) is 0.200. The zero-order valence-electron chi connectivity index (χ0n) is 5.64. The lowest BCUT2D eigenvalue weighted by molar-refractivity contribution is 0.413. The molecule has 0 aliphatic heterocycles. The predicted octanol–water partition coefficient (Wildman–Crippen LogP) is 1.37. The largest absolute Gasteiger partial charge is 0.490 e. The number of hydrogen-bond donors (Lipinski definition) is 1. The third kappa shape index (κ3) is 1.64. The van der Waals surface area contributed by atoms with E-state index in [1.54, 1.807) is 0 Å². The molecule has 0 bridgehead atoms. The Hall–Kier alpha value is -0.740. The van der Waals surface area contributed by atoms with Crippen LogP contribution >= 0.6 is 23.2 Å². The Labute approximate surface area is 73.3 Å². The number of anilines is 1. The molecule has 1 aromatic rings. The van der Waals surface area contributed by atoms with Gasteiger partial charge in [0.05, 0.1) is 7.11 Å². The van der Waals surface area contributed by atoms with Gasteiger partial charge in [0.25, 0.3) is 0 Å². The molecule has 0 radical (unpaired) electrons. The van der Waals surface area contributed by atoms with Crippen molar-refractivity contribution in [3.8, 4) is 5.75 Å². The maximum absolute atomic E-state index is 5.59. The molecular weight excluding hydrogens is 189 g/mol. The quantitative estimate of drug-likeness (QED) is 0.541. The minimum absolute atomic E-state index is 0.00769. The number of nitrogens with two attached hydrogens (primary N) is 1. The first-order valence-electron chi connectivity index (χ1n) is 2.67. The van der Waals surface area contributed by atoms with Crippen molar-refractivity contribution >= 4 is 29.0 Å². The van der Waals surface area contributed by atoms with Crippen molar-refractivity contribution in [3.05, 3.63) is 10.4 Å². The van der Waals surface area contributed by atoms with Crippen LogP contribution in [0, 0.1) is 0 Å². The predicted molar refractivity (Wildman–Crippen MR) is 43.0 cm³/mol. The normalized spacial score (nSPS) is 9.73. The van der Waals surface area contributed by atoms with Gasteiger partial charge in [0.15, 0.2) is 16.7 Å². The zero-order valence-corrected chi connectivity index (χ0v) is 7.15. The second-order valence-corrected chi connectivity index (χ2v) is 2.40. The van der Waals surface area contributed by atoms with Crippen molar-refractivity contribution < 1.29 is 4.74 Å². The first kappa shape index (κ1) is 8.36. The molecule has 0 unspecified atom stereocenters. The molecule has 0 aliphatic rings. The molecule has 6 heteroatoms. The molecule has 4 nitrogen and oxygen atoms in total. The number of hydrogen-bond acceptors (Lipinski definition) is 4. The van der Waals surface area contributed by atoms with Crippen LogP contribution < -0.4 is 10.5 Å². The Kier molecular flexibility index (Phi) is 2.36. The molecule has 1 aromatic heterocycles. The molecule has 11 heavy (non-hydrogen) atoms. The highest BCUT2D eigenvalue weighted by Gasteiger charge is 2.08. The van der Waals surface area contributed by atoms with E-state index in [2.05, 4.69) is 9.97 Å². The molecular formula is C5H5Cl2N3O. The van der Waals surface area contributed by atoms with Crippen LogP contribution in [-0.4, -0.2) is 17.1 Å². The molecule has 0 saturated carbocycles. The summed E-state index contributed by atoms with van der Waals surface area (Å²) < 4.78 is 4.79. The van der Waals surface area contributed by atoms with E-state index in [1.807, 2.05) is 0 Å². The summed E-state index contributed by atoms with van der Waals surface area (Å²) in [6.45, 7) is 0. The maximum atomic E-state index is 5.59. The van der Waals surface area contributed by atoms with Gasteiger partial charge in [-0.1, -0.05) is 11.6 Å². The van der Waals surface area contributed by atoms with E-state index in [-0.39, 0.29) is 22.0 Å². The molecule has 0 fully saturated rings. The van der Waals surface area contributed by atoms with Crippen LogP contribution in [0.2, 0.25) is 10.4 Å². The molecule has 1 heterocycles. The second kappa shape index (κ2) is 3.11. The van der Waals surface area contributed by atoms with Gasteiger partial charge in [0.1, 0.15) is 0 Å². The van der Waals surface area contributed by atoms with Crippen molar-refractivity contribution in [3.63, 3.8) is 0 Å². The zero-order chi connectivity index (χ0) is 8.43. The van der Waals surface area contributed by atoms with Crippen LogP contribution in [0.15, 0.2) is 0 Å². The van der Waals surface area contributed by atoms with Gasteiger partial charge in [-0.2, -0.15) is 4.98 Å². The average molecular weight is 194 g/mol. The van der Waals surface area contributed by atoms with E-state index in [0.29, 0.717) is 0 Å². The molecule has 0 saturated heterocycles. The fourth-order valence-electron chi connectivity index (χ4n) is 0.601. The van der Waals surface area contributed by atoms with E-state index < -0.39 is 0 Å². The van der Waals surface area contributed by atoms with E-state index in [1.165, 1.54) is 7.11 Å². The maximum Gasteiger partial charge on any atom is 0.226 e. The average Bonchev–Trinajstić information content (AvgIpc) is 1.85. The summed E-state index contributed by atoms with van der Waals surface area (Å²) in [6.07, 6.45) is 0. The fourth-order valence-corrected chi connectivity index (χ4v) is 1.07. The summed E-state index contributed by atoms with van der Waals surface area (Å²) in [5.74, 6) is 0.383. The first-order chi connectivity index (χ1) is 5.15. The molecule has 0 aliphatic carbocycles. The smallest absolute Gasteiger partial charge is 0.226 e. The standard InChI is InChI=1S/C5H5Cl2N3O/c1-11-2-3(6)9-5(7)10-4(2)8/h1H3,(H2,8,9,10). The van der Waals surface area contributed by atoms with Gasteiger partial charge in [-0.3, -0.25) is 0 Å². The molecule has 0 aromatic carbocycles. The lowest BCUT2D eigenvalue weighted by Crippen LogP contribution is -1.98. The SMILES string of the molecule is COc1c(N)nc(Cl)nc1Cl. The number of methoxy groups -OCH3 is 1. The Bertz CT molecular complexity index is 255. The molecule has 0 amide bonds. The minimum atomic E-state index is 0.00769. The number of nitrogen functional groups attached to an aromatic ring is 1. The summed E-state index contributed by atoms with van der Waals surface area (Å²) in [6, 6.07) is 0. The van der Waals surface area contributed by atoms with Crippen molar-refractivity contribution in [1.29, 1.82) is 0 Å². The van der Waals surface area contributed by atoms with Crippen LogP contribution in [0.5, 0.6) is 5.75 Å². The van der Waals surface area contributed by atoms with Crippen molar-refractivity contribution in [1.82, 2.24) is 9.97 Å². The number of halogens is 2. The van der Waals surface area contributed by atoms with Crippen LogP contribution in [0.4, 0.5) is 5.82 Å². The molecule has 60 valence electrons. The Morgan fingerprint density at radius 2 is 2.00 bits per heavy atom. The summed E-state index contributed by atoms with van der Waals surface area (Å²) in [7, 11) is 1.43. The summed E-state index contributed by atoms with van der Waals surface area (Å²) >= 11 is 11.0. The van der Waals surface area contributed by atoms with Crippen molar-refractivity contribution in [2.45, 2.75) is 0 Å². The van der Waals surface area contributed by atoms with Gasteiger partial charge in [-0.05, 0) is 11.6 Å². The summed E-state index contributed by atoms with van der Waals surface area (Å²) in [5, 5.41) is 0.123. The van der Waals surface area contributed by atoms with Crippen molar-refractivity contribution in [2.24, 2.45) is 0 Å². The van der Waals surface area contributed by atoms with Gasteiger partial charge < -0.3 is 10.5 Å². The van der Waals surface area contributed by atoms with Gasteiger partial charge in [0.2, 0.25) is 5.28 Å². The Morgan fingerprint density at radius 3 is 2.45 bits per heavy atom. The van der Waals surface area contributed by atoms with Gasteiger partial charge >= 0.3 is 0 Å².